The molecule has 0 bridgehead atoms. The molecule has 0 aromatic heterocycles. The maximum atomic E-state index is 10.3. The summed E-state index contributed by atoms with van der Waals surface area (Å²) in [5, 5.41) is 20.1. The summed E-state index contributed by atoms with van der Waals surface area (Å²) in [6.07, 6.45) is -0.852. The van der Waals surface area contributed by atoms with E-state index in [4.69, 9.17) is 11.6 Å². The monoisotopic (exact) mass is 257 g/mol. The van der Waals surface area contributed by atoms with E-state index in [1.54, 1.807) is 24.3 Å². The number of nitrogens with zero attached hydrogens (tertiary/aromatic N) is 1. The van der Waals surface area contributed by atoms with Crippen molar-refractivity contribution in [3.8, 4) is 6.07 Å². The van der Waals surface area contributed by atoms with E-state index >= 15 is 0 Å². The molecule has 0 aliphatic heterocycles. The molecule has 2 nitrogen and oxygen atoms in total. The fourth-order valence-corrected chi connectivity index (χ4v) is 1.97. The van der Waals surface area contributed by atoms with Crippen LogP contribution in [0.5, 0.6) is 0 Å². The predicted octanol–water partition coefficient (Wildman–Crippen LogP) is 3.68. The minimum atomic E-state index is -0.852. The van der Waals surface area contributed by atoms with Gasteiger partial charge in [0.25, 0.3) is 0 Å². The van der Waals surface area contributed by atoms with E-state index in [2.05, 4.69) is 6.07 Å². The average Bonchev–Trinajstić information content (AvgIpc) is 2.41. The molecule has 0 spiro atoms. The standard InChI is InChI=1S/C15H12ClNO/c16-13-8-6-12(7-9-13)15(18)14(10-17)11-4-2-1-3-5-11/h1-9,14-15,18H. The van der Waals surface area contributed by atoms with E-state index in [0.717, 1.165) is 5.56 Å². The zero-order valence-electron chi connectivity index (χ0n) is 9.62. The molecular weight excluding hydrogens is 246 g/mol. The number of halogens is 1. The highest BCUT2D eigenvalue weighted by Crippen LogP contribution is 2.30. The Morgan fingerprint density at radius 2 is 1.56 bits per heavy atom. The van der Waals surface area contributed by atoms with E-state index in [1.165, 1.54) is 0 Å². The molecule has 0 aliphatic rings. The first-order valence-electron chi connectivity index (χ1n) is 5.60. The molecular formula is C15H12ClNO. The van der Waals surface area contributed by atoms with Crippen LogP contribution in [0.3, 0.4) is 0 Å². The molecule has 0 radical (unpaired) electrons. The van der Waals surface area contributed by atoms with Gasteiger partial charge in [0, 0.05) is 5.02 Å². The van der Waals surface area contributed by atoms with Gasteiger partial charge in [-0.15, -0.1) is 0 Å². The predicted molar refractivity (Wildman–Crippen MR) is 71.2 cm³/mol. The number of benzene rings is 2. The molecule has 18 heavy (non-hydrogen) atoms. The third-order valence-electron chi connectivity index (χ3n) is 2.83. The fourth-order valence-electron chi connectivity index (χ4n) is 1.84. The molecule has 0 heterocycles. The van der Waals surface area contributed by atoms with E-state index in [0.29, 0.717) is 10.6 Å². The molecule has 2 rings (SSSR count). The maximum absolute atomic E-state index is 10.3. The number of hydrogen-bond donors (Lipinski definition) is 1. The summed E-state index contributed by atoms with van der Waals surface area (Å²) in [4.78, 5) is 0. The first-order valence-corrected chi connectivity index (χ1v) is 5.98. The molecule has 0 aliphatic carbocycles. The molecule has 0 saturated heterocycles. The summed E-state index contributed by atoms with van der Waals surface area (Å²) in [7, 11) is 0. The van der Waals surface area contributed by atoms with Gasteiger partial charge in [-0.05, 0) is 23.3 Å². The zero-order valence-corrected chi connectivity index (χ0v) is 10.4. The van der Waals surface area contributed by atoms with E-state index in [1.807, 2.05) is 30.3 Å². The summed E-state index contributed by atoms with van der Waals surface area (Å²) in [6.45, 7) is 0. The van der Waals surface area contributed by atoms with Crippen LogP contribution in [-0.4, -0.2) is 5.11 Å². The first-order chi connectivity index (χ1) is 8.72. The third kappa shape index (κ3) is 2.70. The summed E-state index contributed by atoms with van der Waals surface area (Å²) in [5.74, 6) is -0.577. The quantitative estimate of drug-likeness (QED) is 0.912. The van der Waals surface area contributed by atoms with Crippen molar-refractivity contribution in [3.05, 3.63) is 70.7 Å². The Kier molecular flexibility index (Phi) is 3.99. The SMILES string of the molecule is N#CC(c1ccccc1)C(O)c1ccc(Cl)cc1. The lowest BCUT2D eigenvalue weighted by atomic mass is 9.90. The molecule has 2 unspecified atom stereocenters. The zero-order chi connectivity index (χ0) is 13.0. The van der Waals surface area contributed by atoms with Crippen LogP contribution in [0.4, 0.5) is 0 Å². The first kappa shape index (κ1) is 12.6. The van der Waals surface area contributed by atoms with Gasteiger partial charge in [-0.25, -0.2) is 0 Å². The largest absolute Gasteiger partial charge is 0.387 e. The average molecular weight is 258 g/mol. The van der Waals surface area contributed by atoms with Gasteiger partial charge < -0.3 is 5.11 Å². The summed E-state index contributed by atoms with van der Waals surface area (Å²) >= 11 is 5.80. The lowest BCUT2D eigenvalue weighted by Gasteiger charge is -2.17. The highest BCUT2D eigenvalue weighted by Gasteiger charge is 2.22. The van der Waals surface area contributed by atoms with Crippen molar-refractivity contribution in [2.45, 2.75) is 12.0 Å². The van der Waals surface area contributed by atoms with Crippen LogP contribution in [0.25, 0.3) is 0 Å². The van der Waals surface area contributed by atoms with Crippen molar-refractivity contribution in [3.63, 3.8) is 0 Å². The minimum Gasteiger partial charge on any atom is -0.387 e. The Balaban J connectivity index is 2.29. The van der Waals surface area contributed by atoms with Gasteiger partial charge >= 0.3 is 0 Å². The van der Waals surface area contributed by atoms with Crippen LogP contribution in [0.2, 0.25) is 5.02 Å². The van der Waals surface area contributed by atoms with Gasteiger partial charge in [0.1, 0.15) is 5.92 Å². The molecule has 3 heteroatoms. The molecule has 90 valence electrons. The number of hydrogen-bond acceptors (Lipinski definition) is 2. The summed E-state index contributed by atoms with van der Waals surface area (Å²) in [5.41, 5.74) is 1.50. The van der Waals surface area contributed by atoms with Crippen molar-refractivity contribution < 1.29 is 5.11 Å². The van der Waals surface area contributed by atoms with Crippen molar-refractivity contribution in [1.82, 2.24) is 0 Å². The highest BCUT2D eigenvalue weighted by molar-refractivity contribution is 6.30. The molecule has 0 amide bonds. The molecule has 0 saturated carbocycles. The van der Waals surface area contributed by atoms with Crippen LogP contribution in [-0.2, 0) is 0 Å². The molecule has 2 atom stereocenters. The van der Waals surface area contributed by atoms with Gasteiger partial charge in [-0.1, -0.05) is 54.1 Å². The van der Waals surface area contributed by atoms with Gasteiger partial charge in [0.15, 0.2) is 0 Å². The van der Waals surface area contributed by atoms with Gasteiger partial charge in [-0.3, -0.25) is 0 Å². The van der Waals surface area contributed by atoms with E-state index in [9.17, 15) is 10.4 Å². The second-order valence-electron chi connectivity index (χ2n) is 4.01. The number of aliphatic hydroxyl groups excluding tert-OH is 1. The minimum absolute atomic E-state index is 0.577. The van der Waals surface area contributed by atoms with Crippen molar-refractivity contribution in [2.24, 2.45) is 0 Å². The van der Waals surface area contributed by atoms with E-state index < -0.39 is 12.0 Å². The lowest BCUT2D eigenvalue weighted by Crippen LogP contribution is -2.09. The second kappa shape index (κ2) is 5.68. The van der Waals surface area contributed by atoms with Crippen LogP contribution >= 0.6 is 11.6 Å². The van der Waals surface area contributed by atoms with Crippen molar-refractivity contribution >= 4 is 11.6 Å². The molecule has 2 aromatic carbocycles. The summed E-state index contributed by atoms with van der Waals surface area (Å²) < 4.78 is 0. The topological polar surface area (TPSA) is 44.0 Å². The summed E-state index contributed by atoms with van der Waals surface area (Å²) in [6, 6.07) is 18.3. The Bertz CT molecular complexity index is 545. The Morgan fingerprint density at radius 1 is 0.944 bits per heavy atom. The maximum Gasteiger partial charge on any atom is 0.101 e. The van der Waals surface area contributed by atoms with Crippen LogP contribution in [0.15, 0.2) is 54.6 Å². The Hall–Kier alpha value is -1.82. The molecule has 2 aromatic rings. The number of nitriles is 1. The second-order valence-corrected chi connectivity index (χ2v) is 4.45. The fraction of sp³-hybridized carbons (Fsp3) is 0.133. The normalized spacial score (nSPS) is 13.6. The Morgan fingerprint density at radius 3 is 2.11 bits per heavy atom. The van der Waals surface area contributed by atoms with Crippen LogP contribution in [0.1, 0.15) is 23.1 Å². The smallest absolute Gasteiger partial charge is 0.101 e. The van der Waals surface area contributed by atoms with Crippen molar-refractivity contribution in [2.75, 3.05) is 0 Å². The van der Waals surface area contributed by atoms with Gasteiger partial charge in [0.2, 0.25) is 0 Å². The molecule has 1 N–H and O–H groups in total. The number of rotatable bonds is 3. The lowest BCUT2D eigenvalue weighted by molar-refractivity contribution is 0.164. The number of aliphatic hydroxyl groups is 1. The van der Waals surface area contributed by atoms with Crippen LogP contribution < -0.4 is 0 Å². The van der Waals surface area contributed by atoms with Gasteiger partial charge in [0.05, 0.1) is 12.2 Å². The highest BCUT2D eigenvalue weighted by atomic mass is 35.5. The van der Waals surface area contributed by atoms with Gasteiger partial charge in [-0.2, -0.15) is 5.26 Å². The third-order valence-corrected chi connectivity index (χ3v) is 3.08. The van der Waals surface area contributed by atoms with Crippen LogP contribution in [0, 0.1) is 11.3 Å². The van der Waals surface area contributed by atoms with Crippen molar-refractivity contribution in [1.29, 1.82) is 5.26 Å². The van der Waals surface area contributed by atoms with E-state index in [-0.39, 0.29) is 0 Å². The molecule has 0 fully saturated rings. The Labute approximate surface area is 111 Å².